The minimum absolute atomic E-state index is 0.0841. The van der Waals surface area contributed by atoms with Crippen LogP contribution in [-0.4, -0.2) is 37.2 Å². The first-order valence-corrected chi connectivity index (χ1v) is 33.3. The quantitative estimate of drug-likeness (QED) is 0.0261. The van der Waals surface area contributed by atoms with Crippen LogP contribution in [-0.2, 0) is 28.6 Å². The second-order valence-electron chi connectivity index (χ2n) is 22.4. The van der Waals surface area contributed by atoms with Gasteiger partial charge in [0.15, 0.2) is 6.10 Å². The molecular formula is C70H126O6. The smallest absolute Gasteiger partial charge is 0.306 e. The molecule has 0 aromatic heterocycles. The van der Waals surface area contributed by atoms with Gasteiger partial charge in [0.25, 0.3) is 0 Å². The first-order valence-electron chi connectivity index (χ1n) is 33.3. The van der Waals surface area contributed by atoms with Crippen molar-refractivity contribution >= 4 is 17.9 Å². The number of allylic oxidation sites excluding steroid dienone is 10. The van der Waals surface area contributed by atoms with Gasteiger partial charge in [-0.15, -0.1) is 0 Å². The lowest BCUT2D eigenvalue weighted by atomic mass is 10.0. The van der Waals surface area contributed by atoms with E-state index in [1.165, 1.54) is 205 Å². The van der Waals surface area contributed by atoms with E-state index in [0.29, 0.717) is 19.3 Å². The highest BCUT2D eigenvalue weighted by Gasteiger charge is 2.19. The molecular weight excluding hydrogens is 937 g/mol. The molecule has 1 atom stereocenters. The highest BCUT2D eigenvalue weighted by molar-refractivity contribution is 5.71. The Morgan fingerprint density at radius 2 is 0.526 bits per heavy atom. The molecule has 0 aliphatic heterocycles. The third-order valence-electron chi connectivity index (χ3n) is 14.8. The van der Waals surface area contributed by atoms with Crippen molar-refractivity contribution in [3.05, 3.63) is 60.8 Å². The summed E-state index contributed by atoms with van der Waals surface area (Å²) in [5.74, 6) is -0.903. The number of carbonyl (C=O) groups excluding carboxylic acids is 3. The van der Waals surface area contributed by atoms with Crippen LogP contribution in [0.3, 0.4) is 0 Å². The van der Waals surface area contributed by atoms with E-state index in [0.717, 1.165) is 103 Å². The number of hydrogen-bond acceptors (Lipinski definition) is 6. The summed E-state index contributed by atoms with van der Waals surface area (Å²) in [6.07, 6.45) is 82.6. The van der Waals surface area contributed by atoms with Gasteiger partial charge < -0.3 is 14.2 Å². The van der Waals surface area contributed by atoms with E-state index in [1.54, 1.807) is 0 Å². The zero-order valence-corrected chi connectivity index (χ0v) is 50.8. The lowest BCUT2D eigenvalue weighted by molar-refractivity contribution is -0.167. The molecule has 0 spiro atoms. The first kappa shape index (κ1) is 73.1. The lowest BCUT2D eigenvalue weighted by Crippen LogP contribution is -2.30. The fourth-order valence-corrected chi connectivity index (χ4v) is 9.77. The number of unbranched alkanes of at least 4 members (excludes halogenated alkanes) is 40. The van der Waals surface area contributed by atoms with Crippen LogP contribution in [0, 0.1) is 0 Å². The molecule has 0 radical (unpaired) electrons. The Kier molecular flexibility index (Phi) is 62.2. The van der Waals surface area contributed by atoms with Crippen LogP contribution in [0.5, 0.6) is 0 Å². The van der Waals surface area contributed by atoms with Gasteiger partial charge in [-0.25, -0.2) is 0 Å². The van der Waals surface area contributed by atoms with Gasteiger partial charge in [-0.3, -0.25) is 14.4 Å². The maximum absolute atomic E-state index is 12.9. The van der Waals surface area contributed by atoms with Crippen LogP contribution in [0.25, 0.3) is 0 Å². The first-order chi connectivity index (χ1) is 37.5. The molecule has 0 rings (SSSR count). The standard InChI is InChI=1S/C70H126O6/c1-4-7-10-13-16-19-22-24-26-28-29-30-31-32-33-34-35-36-37-38-39-40-42-43-45-48-51-54-57-60-63-69(72)75-66-67(65-74-68(71)62-59-56-53-50-47-21-18-15-12-9-6-3)76-70(73)64-61-58-55-52-49-46-44-41-27-25-23-20-17-14-11-8-5-2/h8,11,15,17-18,20,25,27,44,46,67H,4-7,9-10,12-14,16,19,21-24,26,28-43,45,47-66H2,1-3H3/b11-8-,18-15-,20-17-,27-25-,46-44-. The summed E-state index contributed by atoms with van der Waals surface area (Å²) in [5, 5.41) is 0. The van der Waals surface area contributed by atoms with E-state index < -0.39 is 6.10 Å². The van der Waals surface area contributed by atoms with Crippen molar-refractivity contribution in [3.8, 4) is 0 Å². The van der Waals surface area contributed by atoms with Crippen molar-refractivity contribution in [1.82, 2.24) is 0 Å². The van der Waals surface area contributed by atoms with Crippen LogP contribution in [0.2, 0.25) is 0 Å². The van der Waals surface area contributed by atoms with Crippen molar-refractivity contribution in [2.45, 2.75) is 354 Å². The van der Waals surface area contributed by atoms with Gasteiger partial charge >= 0.3 is 17.9 Å². The van der Waals surface area contributed by atoms with E-state index in [4.69, 9.17) is 14.2 Å². The average Bonchev–Trinajstić information content (AvgIpc) is 3.42. The van der Waals surface area contributed by atoms with Crippen LogP contribution >= 0.6 is 0 Å². The number of rotatable bonds is 61. The molecule has 0 aromatic rings. The number of carbonyl (C=O) groups is 3. The summed E-state index contributed by atoms with van der Waals surface area (Å²) in [6.45, 7) is 6.51. The van der Waals surface area contributed by atoms with E-state index >= 15 is 0 Å². The fraction of sp³-hybridized carbons (Fsp3) is 0.814. The molecule has 0 heterocycles. The van der Waals surface area contributed by atoms with Crippen molar-refractivity contribution in [2.75, 3.05) is 13.2 Å². The normalized spacial score (nSPS) is 12.4. The zero-order valence-electron chi connectivity index (χ0n) is 50.8. The monoisotopic (exact) mass is 1060 g/mol. The molecule has 1 unspecified atom stereocenters. The van der Waals surface area contributed by atoms with Gasteiger partial charge in [0.2, 0.25) is 0 Å². The Balaban J connectivity index is 4.14. The minimum atomic E-state index is -0.789. The molecule has 0 fully saturated rings. The Labute approximate surface area is 472 Å². The van der Waals surface area contributed by atoms with E-state index in [-0.39, 0.29) is 31.1 Å². The van der Waals surface area contributed by atoms with E-state index in [9.17, 15) is 14.4 Å². The minimum Gasteiger partial charge on any atom is -0.462 e. The summed E-state index contributed by atoms with van der Waals surface area (Å²) < 4.78 is 16.9. The van der Waals surface area contributed by atoms with Gasteiger partial charge in [-0.2, -0.15) is 0 Å². The van der Waals surface area contributed by atoms with Crippen LogP contribution in [0.4, 0.5) is 0 Å². The average molecular weight is 1060 g/mol. The second kappa shape index (κ2) is 64.6. The van der Waals surface area contributed by atoms with Crippen molar-refractivity contribution < 1.29 is 28.6 Å². The highest BCUT2D eigenvalue weighted by Crippen LogP contribution is 2.18. The Bertz CT molecular complexity index is 1360. The van der Waals surface area contributed by atoms with Crippen molar-refractivity contribution in [3.63, 3.8) is 0 Å². The van der Waals surface area contributed by atoms with Crippen LogP contribution in [0.15, 0.2) is 60.8 Å². The summed E-state index contributed by atoms with van der Waals surface area (Å²) in [5.41, 5.74) is 0. The van der Waals surface area contributed by atoms with E-state index in [2.05, 4.69) is 81.5 Å². The molecule has 0 aliphatic carbocycles. The predicted octanol–water partition coefficient (Wildman–Crippen LogP) is 22.7. The molecule has 0 N–H and O–H groups in total. The van der Waals surface area contributed by atoms with Gasteiger partial charge in [0.1, 0.15) is 13.2 Å². The Morgan fingerprint density at radius 1 is 0.276 bits per heavy atom. The number of ether oxygens (including phenoxy) is 3. The molecule has 0 saturated heterocycles. The molecule has 442 valence electrons. The molecule has 0 saturated carbocycles. The van der Waals surface area contributed by atoms with Gasteiger partial charge in [0, 0.05) is 19.3 Å². The summed E-state index contributed by atoms with van der Waals surface area (Å²) in [6, 6.07) is 0. The largest absolute Gasteiger partial charge is 0.462 e. The summed E-state index contributed by atoms with van der Waals surface area (Å²) >= 11 is 0. The van der Waals surface area contributed by atoms with Crippen LogP contribution < -0.4 is 0 Å². The topological polar surface area (TPSA) is 78.9 Å². The number of hydrogen-bond donors (Lipinski definition) is 0. The predicted molar refractivity (Wildman–Crippen MR) is 330 cm³/mol. The van der Waals surface area contributed by atoms with Crippen molar-refractivity contribution in [1.29, 1.82) is 0 Å². The molecule has 6 nitrogen and oxygen atoms in total. The molecule has 0 amide bonds. The van der Waals surface area contributed by atoms with Crippen LogP contribution in [0.1, 0.15) is 348 Å². The second-order valence-corrected chi connectivity index (χ2v) is 22.4. The van der Waals surface area contributed by atoms with Gasteiger partial charge in [-0.05, 0) is 77.0 Å². The molecule has 6 heteroatoms. The fourth-order valence-electron chi connectivity index (χ4n) is 9.77. The molecule has 0 aromatic carbocycles. The highest BCUT2D eigenvalue weighted by atomic mass is 16.6. The third-order valence-corrected chi connectivity index (χ3v) is 14.8. The van der Waals surface area contributed by atoms with Gasteiger partial charge in [0.05, 0.1) is 0 Å². The SMILES string of the molecule is CC/C=C\C/C=C\C/C=C\C/C=C\CCCCCCC(=O)OC(COC(=O)CCCCCCC/C=C\CCCC)COC(=O)CCCCCCCCCCCCCCCCCCCCCCCCCCCCCCCC. The summed E-state index contributed by atoms with van der Waals surface area (Å²) in [4.78, 5) is 38.2. The maximum Gasteiger partial charge on any atom is 0.306 e. The summed E-state index contributed by atoms with van der Waals surface area (Å²) in [7, 11) is 0. The molecule has 76 heavy (non-hydrogen) atoms. The Morgan fingerprint density at radius 3 is 0.855 bits per heavy atom. The Hall–Kier alpha value is -2.89. The van der Waals surface area contributed by atoms with E-state index in [1.807, 2.05) is 0 Å². The lowest BCUT2D eigenvalue weighted by Gasteiger charge is -2.18. The number of esters is 3. The van der Waals surface area contributed by atoms with Gasteiger partial charge in [-0.1, -0.05) is 313 Å². The molecule has 0 bridgehead atoms. The third kappa shape index (κ3) is 62.0. The van der Waals surface area contributed by atoms with Crippen molar-refractivity contribution in [2.24, 2.45) is 0 Å². The maximum atomic E-state index is 12.9. The zero-order chi connectivity index (χ0) is 55.0. The molecule has 0 aliphatic rings.